The van der Waals surface area contributed by atoms with E-state index in [2.05, 4.69) is 252 Å². The normalized spacial score (nSPS) is 12.5. The van der Waals surface area contributed by atoms with Crippen LogP contribution < -0.4 is 0 Å². The average molecular weight is 865 g/mol. The van der Waals surface area contributed by atoms with Crippen LogP contribution in [0.1, 0.15) is 17.7 Å². The first-order valence-electron chi connectivity index (χ1n) is 23.8. The van der Waals surface area contributed by atoms with Crippen LogP contribution in [0.25, 0.3) is 127 Å². The van der Waals surface area contributed by atoms with Crippen molar-refractivity contribution in [3.05, 3.63) is 248 Å². The molecule has 0 atom stereocenters. The fourth-order valence-corrected chi connectivity index (χ4v) is 11.3. The lowest BCUT2D eigenvalue weighted by molar-refractivity contribution is 0.888. The molecule has 0 fully saturated rings. The number of para-hydroxylation sites is 1. The molecule has 0 amide bonds. The van der Waals surface area contributed by atoms with Crippen LogP contribution in [0.5, 0.6) is 0 Å². The van der Waals surface area contributed by atoms with Crippen molar-refractivity contribution in [1.82, 2.24) is 9.13 Å². The van der Waals surface area contributed by atoms with E-state index in [1.165, 1.54) is 126 Å². The number of rotatable bonds is 6. The maximum atomic E-state index is 2.51. The van der Waals surface area contributed by atoms with Crippen LogP contribution >= 0.6 is 0 Å². The first-order valence-corrected chi connectivity index (χ1v) is 23.8. The van der Waals surface area contributed by atoms with E-state index in [-0.39, 0.29) is 0 Å². The predicted octanol–water partition coefficient (Wildman–Crippen LogP) is 17.8. The average Bonchev–Trinajstić information content (AvgIpc) is 3.93. The Bertz CT molecular complexity index is 4150. The Kier molecular flexibility index (Phi) is 8.75. The van der Waals surface area contributed by atoms with E-state index in [9.17, 15) is 0 Å². The zero-order valence-corrected chi connectivity index (χ0v) is 37.4. The Morgan fingerprint density at radius 1 is 0.309 bits per heavy atom. The van der Waals surface area contributed by atoms with Crippen LogP contribution in [0, 0.1) is 0 Å². The van der Waals surface area contributed by atoms with Crippen molar-refractivity contribution in [2.45, 2.75) is 12.8 Å². The van der Waals surface area contributed by atoms with E-state index in [0.29, 0.717) is 0 Å². The SMILES string of the molecule is C1=Cc2c(n(-c3ccc(-c4cc5ccc6ccccc6c5c5ccccc45)cc3)c3ccc(-c4ccc5c(c4)c4ccccc4n5-c4ccc(-c5ccc(-c6ccccc6)cc5)cc4)cc23)CC1. The molecule has 318 valence electrons. The zero-order chi connectivity index (χ0) is 44.7. The van der Waals surface area contributed by atoms with Gasteiger partial charge in [-0.15, -0.1) is 0 Å². The van der Waals surface area contributed by atoms with Gasteiger partial charge in [-0.3, -0.25) is 0 Å². The number of hydrogen-bond donors (Lipinski definition) is 0. The van der Waals surface area contributed by atoms with Gasteiger partial charge < -0.3 is 9.13 Å². The molecule has 11 aromatic carbocycles. The molecule has 0 saturated heterocycles. The Hall–Kier alpha value is -8.72. The summed E-state index contributed by atoms with van der Waals surface area (Å²) < 4.78 is 4.92. The van der Waals surface area contributed by atoms with Crippen molar-refractivity contribution in [1.29, 1.82) is 0 Å². The van der Waals surface area contributed by atoms with E-state index in [1.54, 1.807) is 0 Å². The minimum absolute atomic E-state index is 1.01. The molecule has 68 heavy (non-hydrogen) atoms. The highest BCUT2D eigenvalue weighted by atomic mass is 15.0. The molecule has 2 aromatic heterocycles. The highest BCUT2D eigenvalue weighted by Crippen LogP contribution is 2.42. The largest absolute Gasteiger partial charge is 0.313 e. The number of nitrogens with zero attached hydrogens (tertiary/aromatic N) is 2. The van der Waals surface area contributed by atoms with Gasteiger partial charge in [0.15, 0.2) is 0 Å². The maximum Gasteiger partial charge on any atom is 0.0541 e. The second-order valence-corrected chi connectivity index (χ2v) is 18.3. The van der Waals surface area contributed by atoms with E-state index in [1.807, 2.05) is 0 Å². The number of aromatic nitrogens is 2. The van der Waals surface area contributed by atoms with Gasteiger partial charge in [0.25, 0.3) is 0 Å². The van der Waals surface area contributed by atoms with Crippen LogP contribution in [-0.4, -0.2) is 9.13 Å². The lowest BCUT2D eigenvalue weighted by Crippen LogP contribution is -2.02. The summed E-state index contributed by atoms with van der Waals surface area (Å²) in [7, 11) is 0. The number of hydrogen-bond acceptors (Lipinski definition) is 0. The number of allylic oxidation sites excluding steroid dienone is 1. The Morgan fingerprint density at radius 2 is 0.824 bits per heavy atom. The van der Waals surface area contributed by atoms with Crippen LogP contribution in [0.4, 0.5) is 0 Å². The molecule has 0 saturated carbocycles. The molecule has 0 aliphatic heterocycles. The summed E-state index contributed by atoms with van der Waals surface area (Å²) in [5.41, 5.74) is 18.5. The van der Waals surface area contributed by atoms with Crippen molar-refractivity contribution in [2.24, 2.45) is 0 Å². The number of benzene rings is 11. The number of fused-ring (bicyclic) bond motifs is 11. The van der Waals surface area contributed by atoms with Crippen LogP contribution in [0.2, 0.25) is 0 Å². The first-order chi connectivity index (χ1) is 33.7. The second kappa shape index (κ2) is 15.4. The quantitative estimate of drug-likeness (QED) is 0.147. The molecule has 2 heterocycles. The Balaban J connectivity index is 0.818. The lowest BCUT2D eigenvalue weighted by atomic mass is 9.91. The summed E-state index contributed by atoms with van der Waals surface area (Å²) in [5.74, 6) is 0. The highest BCUT2D eigenvalue weighted by molar-refractivity contribution is 6.23. The fraction of sp³-hybridized carbons (Fsp3) is 0.0303. The molecule has 0 spiro atoms. The van der Waals surface area contributed by atoms with Gasteiger partial charge in [-0.05, 0) is 150 Å². The highest BCUT2D eigenvalue weighted by Gasteiger charge is 2.21. The van der Waals surface area contributed by atoms with E-state index in [4.69, 9.17) is 0 Å². The van der Waals surface area contributed by atoms with Crippen molar-refractivity contribution in [2.75, 3.05) is 0 Å². The standard InChI is InChI=1S/C66H44N2/c1-2-12-43(13-3-1)44-22-24-45(25-23-44)46-28-34-52(35-29-46)67-62-20-10-8-17-56(62)60-40-49(32-38-64(60)67)50-33-39-65-61(41-50)57-18-9-11-21-63(57)68(65)53-36-30-48(31-37-53)59-42-51-27-26-47-14-4-5-15-54(47)66(51)58-19-7-6-16-55(58)59/h1-10,12-20,22-42H,11,21H2. The third kappa shape index (κ3) is 6.11. The van der Waals surface area contributed by atoms with Crippen LogP contribution in [0.3, 0.4) is 0 Å². The fourth-order valence-electron chi connectivity index (χ4n) is 11.3. The molecule has 2 nitrogen and oxygen atoms in total. The maximum absolute atomic E-state index is 2.51. The van der Waals surface area contributed by atoms with Gasteiger partial charge in [-0.2, -0.15) is 0 Å². The lowest BCUT2D eigenvalue weighted by Gasteiger charge is -2.15. The van der Waals surface area contributed by atoms with Gasteiger partial charge in [-0.1, -0.05) is 182 Å². The summed E-state index contributed by atoms with van der Waals surface area (Å²) in [6, 6.07) is 85.2. The Labute approximate surface area is 394 Å². The van der Waals surface area contributed by atoms with E-state index >= 15 is 0 Å². The summed E-state index contributed by atoms with van der Waals surface area (Å²) in [6.07, 6.45) is 6.73. The molecule has 1 aliphatic rings. The third-order valence-electron chi connectivity index (χ3n) is 14.6. The topological polar surface area (TPSA) is 9.86 Å². The molecule has 0 radical (unpaired) electrons. The summed E-state index contributed by atoms with van der Waals surface area (Å²) >= 11 is 0. The van der Waals surface area contributed by atoms with Gasteiger partial charge in [0, 0.05) is 38.8 Å². The molecule has 1 aliphatic carbocycles. The van der Waals surface area contributed by atoms with E-state index in [0.717, 1.165) is 18.5 Å². The summed E-state index contributed by atoms with van der Waals surface area (Å²) in [6.45, 7) is 0. The molecule has 0 bridgehead atoms. The van der Waals surface area contributed by atoms with Crippen molar-refractivity contribution in [3.63, 3.8) is 0 Å². The molecule has 14 rings (SSSR count). The smallest absolute Gasteiger partial charge is 0.0541 e. The van der Waals surface area contributed by atoms with Crippen molar-refractivity contribution < 1.29 is 0 Å². The molecule has 2 heteroatoms. The second-order valence-electron chi connectivity index (χ2n) is 18.3. The summed E-state index contributed by atoms with van der Waals surface area (Å²) in [4.78, 5) is 0. The van der Waals surface area contributed by atoms with Gasteiger partial charge in [0.05, 0.1) is 16.6 Å². The third-order valence-corrected chi connectivity index (χ3v) is 14.6. The molecular weight excluding hydrogens is 821 g/mol. The molecular formula is C66H44N2. The molecule has 0 N–H and O–H groups in total. The van der Waals surface area contributed by atoms with Crippen molar-refractivity contribution >= 4 is 71.1 Å². The zero-order valence-electron chi connectivity index (χ0n) is 37.4. The monoisotopic (exact) mass is 864 g/mol. The van der Waals surface area contributed by atoms with Crippen LogP contribution in [0.15, 0.2) is 237 Å². The minimum Gasteiger partial charge on any atom is -0.313 e. The van der Waals surface area contributed by atoms with Gasteiger partial charge in [0.2, 0.25) is 0 Å². The van der Waals surface area contributed by atoms with E-state index < -0.39 is 0 Å². The minimum atomic E-state index is 1.01. The van der Waals surface area contributed by atoms with Crippen LogP contribution in [-0.2, 0) is 6.42 Å². The predicted molar refractivity (Wildman–Crippen MR) is 289 cm³/mol. The van der Waals surface area contributed by atoms with Gasteiger partial charge in [0.1, 0.15) is 0 Å². The van der Waals surface area contributed by atoms with Gasteiger partial charge in [-0.25, -0.2) is 0 Å². The molecule has 0 unspecified atom stereocenters. The van der Waals surface area contributed by atoms with Gasteiger partial charge >= 0.3 is 0 Å². The Morgan fingerprint density at radius 3 is 1.56 bits per heavy atom. The van der Waals surface area contributed by atoms with Crippen molar-refractivity contribution in [3.8, 4) is 55.9 Å². The first kappa shape index (κ1) is 38.5. The summed E-state index contributed by atoms with van der Waals surface area (Å²) in [5, 5.41) is 11.6. The molecule has 13 aromatic rings.